The molecule has 9 nitrogen and oxygen atoms in total. The maximum absolute atomic E-state index is 14.3. The van der Waals surface area contributed by atoms with Gasteiger partial charge in [0.2, 0.25) is 10.0 Å². The van der Waals surface area contributed by atoms with Crippen LogP contribution < -0.4 is 14.4 Å². The van der Waals surface area contributed by atoms with Crippen molar-refractivity contribution in [2.75, 3.05) is 52.0 Å². The summed E-state index contributed by atoms with van der Waals surface area (Å²) in [5, 5.41) is 9.95. The molecule has 3 aromatic rings. The summed E-state index contributed by atoms with van der Waals surface area (Å²) in [5.41, 5.74) is 3.33. The van der Waals surface area contributed by atoms with Crippen LogP contribution in [0.5, 0.6) is 11.5 Å². The quantitative estimate of drug-likeness (QED) is 0.197. The van der Waals surface area contributed by atoms with Gasteiger partial charge in [-0.15, -0.1) is 0 Å². The second-order valence-electron chi connectivity index (χ2n) is 13.2. The van der Waals surface area contributed by atoms with Crippen LogP contribution in [0.1, 0.15) is 55.7 Å². The summed E-state index contributed by atoms with van der Waals surface area (Å²) in [6.07, 6.45) is 1.39. The van der Waals surface area contributed by atoms with Gasteiger partial charge in [0.15, 0.2) is 0 Å². The first-order valence-electron chi connectivity index (χ1n) is 16.3. The molecule has 3 atom stereocenters. The van der Waals surface area contributed by atoms with E-state index in [0.717, 1.165) is 53.4 Å². The predicted octanol–water partition coefficient (Wildman–Crippen LogP) is 6.31. The van der Waals surface area contributed by atoms with Gasteiger partial charge in [0, 0.05) is 38.8 Å². The van der Waals surface area contributed by atoms with E-state index in [0.29, 0.717) is 32.7 Å². The van der Waals surface area contributed by atoms with Gasteiger partial charge in [-0.3, -0.25) is 0 Å². The van der Waals surface area contributed by atoms with Crippen molar-refractivity contribution in [2.24, 2.45) is 5.41 Å². The normalized spacial score (nSPS) is 20.3. The molecule has 0 saturated carbocycles. The molecule has 0 radical (unpaired) electrons. The van der Waals surface area contributed by atoms with Crippen LogP contribution in [0.2, 0.25) is 0 Å². The van der Waals surface area contributed by atoms with Crippen molar-refractivity contribution < 1.29 is 27.4 Å². The number of rotatable bonds is 13. The molecular weight excluding hydrogens is 614 g/mol. The highest BCUT2D eigenvalue weighted by Gasteiger charge is 2.44. The number of anilines is 1. The Morgan fingerprint density at radius 2 is 1.79 bits per heavy atom. The molecule has 1 saturated heterocycles. The standard InChI is InChI=1S/C37H47N3O6S/c1-27-7-14-32(15-8-27)47(41,42)40-24-36(33(22-30(40)23-37(2,3)26-38)29-10-12-31(44-5)13-11-29)46-25-28-9-16-35-34(21-28)39(18-20-45-35)17-6-19-43-4/h7-16,21,30,33,36H,6,17-20,22-25H2,1-5H3/t30-,33+,36-/m0/s1. The molecule has 0 N–H and O–H groups in total. The summed E-state index contributed by atoms with van der Waals surface area (Å²) in [6.45, 7) is 9.14. The number of methoxy groups -OCH3 is 2. The van der Waals surface area contributed by atoms with E-state index in [2.05, 4.69) is 17.0 Å². The molecule has 2 aliphatic rings. The van der Waals surface area contributed by atoms with Gasteiger partial charge in [-0.25, -0.2) is 8.42 Å². The molecule has 2 aliphatic heterocycles. The summed E-state index contributed by atoms with van der Waals surface area (Å²) in [4.78, 5) is 2.56. The fraction of sp³-hybridized carbons (Fsp3) is 0.486. The second kappa shape index (κ2) is 15.1. The van der Waals surface area contributed by atoms with E-state index in [-0.39, 0.29) is 17.4 Å². The van der Waals surface area contributed by atoms with Crippen molar-refractivity contribution in [3.8, 4) is 17.6 Å². The summed E-state index contributed by atoms with van der Waals surface area (Å²) in [6, 6.07) is 23.0. The smallest absolute Gasteiger partial charge is 0.243 e. The molecule has 47 heavy (non-hydrogen) atoms. The third-order valence-corrected chi connectivity index (χ3v) is 11.1. The molecule has 0 bridgehead atoms. The van der Waals surface area contributed by atoms with E-state index < -0.39 is 27.6 Å². The highest BCUT2D eigenvalue weighted by atomic mass is 32.2. The van der Waals surface area contributed by atoms with Crippen molar-refractivity contribution in [1.29, 1.82) is 5.26 Å². The molecule has 0 aromatic heterocycles. The summed E-state index contributed by atoms with van der Waals surface area (Å²) < 4.78 is 53.5. The zero-order valence-corrected chi connectivity index (χ0v) is 29.0. The number of ether oxygens (including phenoxy) is 4. The van der Waals surface area contributed by atoms with E-state index in [4.69, 9.17) is 18.9 Å². The van der Waals surface area contributed by atoms with Crippen molar-refractivity contribution in [1.82, 2.24) is 4.31 Å². The van der Waals surface area contributed by atoms with Gasteiger partial charge < -0.3 is 23.8 Å². The van der Waals surface area contributed by atoms with Gasteiger partial charge in [0.05, 0.1) is 48.4 Å². The summed E-state index contributed by atoms with van der Waals surface area (Å²) in [7, 11) is -0.529. The van der Waals surface area contributed by atoms with Gasteiger partial charge in [0.25, 0.3) is 0 Å². The fourth-order valence-corrected chi connectivity index (χ4v) is 8.24. The maximum atomic E-state index is 14.3. The lowest BCUT2D eigenvalue weighted by Crippen LogP contribution is -2.53. The Hall–Kier alpha value is -3.62. The Balaban J connectivity index is 1.47. The van der Waals surface area contributed by atoms with Crippen molar-refractivity contribution in [3.63, 3.8) is 0 Å². The fourth-order valence-electron chi connectivity index (χ4n) is 6.59. The zero-order valence-electron chi connectivity index (χ0n) is 28.1. The number of sulfonamides is 1. The molecular formula is C37H47N3O6S. The van der Waals surface area contributed by atoms with Gasteiger partial charge in [0.1, 0.15) is 18.1 Å². The van der Waals surface area contributed by atoms with Crippen LogP contribution in [0, 0.1) is 23.7 Å². The summed E-state index contributed by atoms with van der Waals surface area (Å²) >= 11 is 0. The Bertz CT molecular complexity index is 1640. The number of benzene rings is 3. The Labute approximate surface area is 280 Å². The summed E-state index contributed by atoms with van der Waals surface area (Å²) in [5.74, 6) is 1.50. The van der Waals surface area contributed by atoms with Crippen LogP contribution >= 0.6 is 0 Å². The largest absolute Gasteiger partial charge is 0.497 e. The highest BCUT2D eigenvalue weighted by Crippen LogP contribution is 2.41. The molecule has 5 rings (SSSR count). The number of hydrogen-bond acceptors (Lipinski definition) is 8. The first-order valence-corrected chi connectivity index (χ1v) is 17.7. The molecule has 10 heteroatoms. The van der Waals surface area contributed by atoms with Crippen molar-refractivity contribution in [3.05, 3.63) is 83.4 Å². The number of hydrogen-bond donors (Lipinski definition) is 0. The van der Waals surface area contributed by atoms with Crippen LogP contribution in [-0.2, 0) is 26.1 Å². The van der Waals surface area contributed by atoms with E-state index in [1.807, 2.05) is 69.3 Å². The third kappa shape index (κ3) is 8.28. The highest BCUT2D eigenvalue weighted by molar-refractivity contribution is 7.89. The molecule has 0 unspecified atom stereocenters. The third-order valence-electron chi connectivity index (χ3n) is 9.19. The van der Waals surface area contributed by atoms with Gasteiger partial charge >= 0.3 is 0 Å². The minimum Gasteiger partial charge on any atom is -0.497 e. The molecule has 1 fully saturated rings. The minimum absolute atomic E-state index is 0.101. The predicted molar refractivity (Wildman–Crippen MR) is 182 cm³/mol. The van der Waals surface area contributed by atoms with Crippen molar-refractivity contribution in [2.45, 2.75) is 69.6 Å². The van der Waals surface area contributed by atoms with Gasteiger partial charge in [-0.05, 0) is 87.6 Å². The maximum Gasteiger partial charge on any atom is 0.243 e. The molecule has 252 valence electrons. The first-order chi connectivity index (χ1) is 22.5. The van der Waals surface area contributed by atoms with E-state index in [1.165, 1.54) is 0 Å². The Kier molecular flexibility index (Phi) is 11.1. The van der Waals surface area contributed by atoms with E-state index >= 15 is 0 Å². The van der Waals surface area contributed by atoms with Crippen molar-refractivity contribution >= 4 is 15.7 Å². The molecule has 0 aliphatic carbocycles. The van der Waals surface area contributed by atoms with Crippen LogP contribution in [0.15, 0.2) is 71.6 Å². The average molecular weight is 662 g/mol. The lowest BCUT2D eigenvalue weighted by Gasteiger charge is -2.44. The SMILES string of the molecule is COCCCN1CCOc2ccc(CO[C@H]3CN(S(=O)(=O)c4ccc(C)cc4)[C@H](CC(C)(C)C#N)C[C@@H]3c3ccc(OC)cc3)cc21. The van der Waals surface area contributed by atoms with Crippen LogP contribution in [-0.4, -0.2) is 71.9 Å². The first kappa shape index (κ1) is 34.7. The topological polar surface area (TPSA) is 101 Å². The van der Waals surface area contributed by atoms with Crippen LogP contribution in [0.25, 0.3) is 0 Å². The number of aryl methyl sites for hydroxylation is 1. The minimum atomic E-state index is -3.88. The average Bonchev–Trinajstić information content (AvgIpc) is 3.07. The Morgan fingerprint density at radius 1 is 1.04 bits per heavy atom. The van der Waals surface area contributed by atoms with Crippen LogP contribution in [0.4, 0.5) is 5.69 Å². The number of nitriles is 1. The monoisotopic (exact) mass is 661 g/mol. The number of nitrogens with zero attached hydrogens (tertiary/aromatic N) is 3. The Morgan fingerprint density at radius 3 is 2.47 bits per heavy atom. The lowest BCUT2D eigenvalue weighted by atomic mass is 9.78. The molecule has 2 heterocycles. The molecule has 0 spiro atoms. The van der Waals surface area contributed by atoms with Crippen LogP contribution in [0.3, 0.4) is 0 Å². The zero-order chi connectivity index (χ0) is 33.6. The van der Waals surface area contributed by atoms with Gasteiger partial charge in [-0.1, -0.05) is 35.9 Å². The number of fused-ring (bicyclic) bond motifs is 1. The van der Waals surface area contributed by atoms with E-state index in [9.17, 15) is 13.7 Å². The lowest BCUT2D eigenvalue weighted by molar-refractivity contribution is -0.0235. The number of piperidine rings is 1. The second-order valence-corrected chi connectivity index (χ2v) is 15.1. The molecule has 0 amide bonds. The van der Waals surface area contributed by atoms with Gasteiger partial charge in [-0.2, -0.15) is 9.57 Å². The molecule has 3 aromatic carbocycles. The van der Waals surface area contributed by atoms with E-state index in [1.54, 1.807) is 30.7 Å².